The van der Waals surface area contributed by atoms with Crippen LogP contribution in [0.1, 0.15) is 28.7 Å². The number of piperazine rings is 1. The Morgan fingerprint density at radius 1 is 1.15 bits per heavy atom. The van der Waals surface area contributed by atoms with E-state index >= 15 is 0 Å². The molecular weight excluding hydrogens is 427 g/mol. The number of nitrogens with zero attached hydrogens (tertiary/aromatic N) is 3. The summed E-state index contributed by atoms with van der Waals surface area (Å²) in [6.45, 7) is 6.22. The Bertz CT molecular complexity index is 678. The molecule has 1 atom stereocenters. The van der Waals surface area contributed by atoms with Crippen LogP contribution in [0.15, 0.2) is 35.7 Å². The molecule has 1 amide bonds. The van der Waals surface area contributed by atoms with E-state index in [4.69, 9.17) is 5.73 Å². The lowest BCUT2D eigenvalue weighted by molar-refractivity contribution is -0.133. The summed E-state index contributed by atoms with van der Waals surface area (Å²) >= 11 is 1.69. The van der Waals surface area contributed by atoms with Gasteiger partial charge in [-0.25, -0.2) is 4.98 Å². The third-order valence-electron chi connectivity index (χ3n) is 4.40. The molecule has 1 unspecified atom stereocenters. The van der Waals surface area contributed by atoms with Gasteiger partial charge < -0.3 is 10.6 Å². The Balaban J connectivity index is 0.00000225. The van der Waals surface area contributed by atoms with Gasteiger partial charge in [0.25, 0.3) is 0 Å². The van der Waals surface area contributed by atoms with E-state index in [1.54, 1.807) is 11.3 Å². The Hall–Kier alpha value is -0.890. The molecule has 0 spiro atoms. The number of carbonyl (C=O) groups excluding carboxylic acids is 1. The van der Waals surface area contributed by atoms with Crippen molar-refractivity contribution in [1.82, 2.24) is 14.8 Å². The third-order valence-corrected chi connectivity index (χ3v) is 5.22. The molecule has 1 saturated heterocycles. The number of aromatic nitrogens is 1. The second-order valence-electron chi connectivity index (χ2n) is 6.24. The van der Waals surface area contributed by atoms with Crippen LogP contribution in [-0.4, -0.2) is 46.9 Å². The van der Waals surface area contributed by atoms with E-state index in [0.717, 1.165) is 49.0 Å². The van der Waals surface area contributed by atoms with Gasteiger partial charge in [0.15, 0.2) is 0 Å². The number of amides is 1. The summed E-state index contributed by atoms with van der Waals surface area (Å²) in [4.78, 5) is 21.3. The number of rotatable bonds is 5. The zero-order chi connectivity index (χ0) is 16.9. The number of hydrogen-bond acceptors (Lipinski definition) is 5. The molecule has 1 fully saturated rings. The third kappa shape index (κ3) is 7.56. The van der Waals surface area contributed by atoms with Crippen molar-refractivity contribution in [3.63, 3.8) is 0 Å². The zero-order valence-corrected chi connectivity index (χ0v) is 18.5. The van der Waals surface area contributed by atoms with Crippen LogP contribution in [0.5, 0.6) is 0 Å². The Morgan fingerprint density at radius 2 is 1.78 bits per heavy atom. The summed E-state index contributed by atoms with van der Waals surface area (Å²) in [5, 5.41) is 3.22. The monoisotopic (exact) mass is 452 g/mol. The van der Waals surface area contributed by atoms with Crippen LogP contribution < -0.4 is 5.73 Å². The summed E-state index contributed by atoms with van der Waals surface area (Å²) in [6, 6.07) is 9.60. The Morgan fingerprint density at radius 3 is 2.33 bits per heavy atom. The molecule has 5 nitrogen and oxygen atoms in total. The molecule has 1 aromatic heterocycles. The molecule has 2 heterocycles. The van der Waals surface area contributed by atoms with Gasteiger partial charge in [0.1, 0.15) is 0 Å². The van der Waals surface area contributed by atoms with Gasteiger partial charge in [0.2, 0.25) is 5.91 Å². The lowest BCUT2D eigenvalue weighted by Gasteiger charge is -2.34. The number of hydrogen-bond donors (Lipinski definition) is 1. The molecule has 9 heteroatoms. The summed E-state index contributed by atoms with van der Waals surface area (Å²) in [5.74, 6) is 0.149. The van der Waals surface area contributed by atoms with Gasteiger partial charge in [0.05, 0.1) is 10.7 Å². The highest BCUT2D eigenvalue weighted by Gasteiger charge is 2.23. The predicted molar refractivity (Wildman–Crippen MR) is 118 cm³/mol. The molecular formula is C18H27Cl3N4OS. The van der Waals surface area contributed by atoms with Gasteiger partial charge in [-0.2, -0.15) is 0 Å². The van der Waals surface area contributed by atoms with Gasteiger partial charge in [-0.15, -0.1) is 48.6 Å². The normalized spacial score (nSPS) is 15.1. The average Bonchev–Trinajstić information content (AvgIpc) is 3.01. The largest absolute Gasteiger partial charge is 0.340 e. The van der Waals surface area contributed by atoms with Crippen molar-refractivity contribution in [3.05, 3.63) is 52.0 Å². The molecule has 152 valence electrons. The van der Waals surface area contributed by atoms with Crippen LogP contribution in [0.3, 0.4) is 0 Å². The first-order chi connectivity index (χ1) is 11.6. The number of aryl methyl sites for hydroxylation is 1. The molecule has 0 saturated carbocycles. The van der Waals surface area contributed by atoms with Gasteiger partial charge >= 0.3 is 0 Å². The zero-order valence-electron chi connectivity index (χ0n) is 15.2. The molecule has 0 bridgehead atoms. The second-order valence-corrected chi connectivity index (χ2v) is 7.30. The summed E-state index contributed by atoms with van der Waals surface area (Å²) in [5.41, 5.74) is 8.31. The number of benzene rings is 1. The second kappa shape index (κ2) is 12.5. The first kappa shape index (κ1) is 26.1. The number of nitrogens with two attached hydrogens (primary N) is 1. The smallest absolute Gasteiger partial charge is 0.224 e. The fourth-order valence-electron chi connectivity index (χ4n) is 3.00. The van der Waals surface area contributed by atoms with Gasteiger partial charge in [-0.3, -0.25) is 9.69 Å². The predicted octanol–water partition coefficient (Wildman–Crippen LogP) is 3.45. The van der Waals surface area contributed by atoms with Gasteiger partial charge in [-0.05, 0) is 12.5 Å². The molecule has 1 aliphatic rings. The number of thiazole rings is 1. The van der Waals surface area contributed by atoms with E-state index in [9.17, 15) is 4.79 Å². The summed E-state index contributed by atoms with van der Waals surface area (Å²) in [7, 11) is 0. The minimum atomic E-state index is -0.227. The SMILES string of the molecule is Cc1nc(CN2CCN(C(=O)CC(N)c3ccccc3)CC2)cs1.Cl.Cl.Cl. The highest BCUT2D eigenvalue weighted by Crippen LogP contribution is 2.16. The first-order valence-electron chi connectivity index (χ1n) is 8.33. The van der Waals surface area contributed by atoms with Gasteiger partial charge in [0, 0.05) is 50.6 Å². The van der Waals surface area contributed by atoms with Crippen LogP contribution in [0.2, 0.25) is 0 Å². The fourth-order valence-corrected chi connectivity index (χ4v) is 3.60. The maximum absolute atomic E-state index is 12.5. The van der Waals surface area contributed by atoms with E-state index in [2.05, 4.69) is 15.3 Å². The van der Waals surface area contributed by atoms with Crippen molar-refractivity contribution in [2.75, 3.05) is 26.2 Å². The first-order valence-corrected chi connectivity index (χ1v) is 9.21. The van der Waals surface area contributed by atoms with E-state index in [-0.39, 0.29) is 49.2 Å². The standard InChI is InChI=1S/C18H24N4OS.3ClH/c1-14-20-16(13-24-14)12-21-7-9-22(10-8-21)18(23)11-17(19)15-5-3-2-4-6-15;;;/h2-6,13,17H,7-12,19H2,1H3;3*1H. The van der Waals surface area contributed by atoms with Crippen LogP contribution in [0, 0.1) is 6.92 Å². The van der Waals surface area contributed by atoms with Crippen LogP contribution >= 0.6 is 48.6 Å². The number of halogens is 3. The van der Waals surface area contributed by atoms with Crippen LogP contribution in [0.25, 0.3) is 0 Å². The minimum absolute atomic E-state index is 0. The molecule has 1 aliphatic heterocycles. The molecule has 2 aromatic rings. The van der Waals surface area contributed by atoms with Crippen molar-refractivity contribution < 1.29 is 4.79 Å². The minimum Gasteiger partial charge on any atom is -0.340 e. The highest BCUT2D eigenvalue weighted by atomic mass is 35.5. The highest BCUT2D eigenvalue weighted by molar-refractivity contribution is 7.09. The van der Waals surface area contributed by atoms with E-state index in [1.165, 1.54) is 0 Å². The van der Waals surface area contributed by atoms with Crippen molar-refractivity contribution in [3.8, 4) is 0 Å². The average molecular weight is 454 g/mol. The molecule has 1 aromatic carbocycles. The quantitative estimate of drug-likeness (QED) is 0.753. The summed E-state index contributed by atoms with van der Waals surface area (Å²) < 4.78 is 0. The lowest BCUT2D eigenvalue weighted by atomic mass is 10.0. The maximum Gasteiger partial charge on any atom is 0.224 e. The topological polar surface area (TPSA) is 62.5 Å². The summed E-state index contributed by atoms with van der Waals surface area (Å²) in [6.07, 6.45) is 0.370. The van der Waals surface area contributed by atoms with Crippen LogP contribution in [-0.2, 0) is 11.3 Å². The molecule has 0 radical (unpaired) electrons. The van der Waals surface area contributed by atoms with Crippen molar-refractivity contribution in [2.45, 2.75) is 25.9 Å². The van der Waals surface area contributed by atoms with Crippen molar-refractivity contribution >= 4 is 54.5 Å². The maximum atomic E-state index is 12.5. The Labute approximate surface area is 183 Å². The van der Waals surface area contributed by atoms with E-state index < -0.39 is 0 Å². The number of carbonyl (C=O) groups is 1. The van der Waals surface area contributed by atoms with Gasteiger partial charge in [-0.1, -0.05) is 30.3 Å². The van der Waals surface area contributed by atoms with Crippen molar-refractivity contribution in [2.24, 2.45) is 5.73 Å². The Kier molecular flexibility index (Phi) is 12.1. The van der Waals surface area contributed by atoms with E-state index in [0.29, 0.717) is 6.42 Å². The molecule has 27 heavy (non-hydrogen) atoms. The molecule has 2 N–H and O–H groups in total. The van der Waals surface area contributed by atoms with Crippen LogP contribution in [0.4, 0.5) is 0 Å². The molecule has 3 rings (SSSR count). The lowest BCUT2D eigenvalue weighted by Crippen LogP contribution is -2.48. The molecule has 0 aliphatic carbocycles. The van der Waals surface area contributed by atoms with Crippen molar-refractivity contribution in [1.29, 1.82) is 0 Å². The van der Waals surface area contributed by atoms with E-state index in [1.807, 2.05) is 42.2 Å². The fraction of sp³-hybridized carbons (Fsp3) is 0.444.